The molecule has 1 aromatic heterocycles. The van der Waals surface area contributed by atoms with Gasteiger partial charge in [-0.15, -0.1) is 11.3 Å². The van der Waals surface area contributed by atoms with Crippen molar-refractivity contribution in [2.75, 3.05) is 0 Å². The predicted octanol–water partition coefficient (Wildman–Crippen LogP) is 4.30. The van der Waals surface area contributed by atoms with E-state index in [1.807, 2.05) is 0 Å². The molecule has 2 aromatic rings. The first-order chi connectivity index (χ1) is 8.88. The van der Waals surface area contributed by atoms with E-state index in [1.54, 1.807) is 24.3 Å². The van der Waals surface area contributed by atoms with E-state index in [4.69, 9.17) is 23.2 Å². The zero-order valence-electron chi connectivity index (χ0n) is 9.36. The highest BCUT2D eigenvalue weighted by Gasteiger charge is 2.16. The fraction of sp³-hybridized carbons (Fsp3) is 0.0909. The zero-order valence-corrected chi connectivity index (χ0v) is 14.1. The molecular formula is C11H8BrCl2NO2S2. The molecule has 0 aliphatic heterocycles. The highest BCUT2D eigenvalue weighted by Crippen LogP contribution is 2.26. The summed E-state index contributed by atoms with van der Waals surface area (Å²) in [5.41, 5.74) is 0.633. The second-order valence-electron chi connectivity index (χ2n) is 3.62. The summed E-state index contributed by atoms with van der Waals surface area (Å²) in [5.74, 6) is 0. The zero-order chi connectivity index (χ0) is 14.0. The van der Waals surface area contributed by atoms with Gasteiger partial charge in [-0.2, -0.15) is 0 Å². The second kappa shape index (κ2) is 6.11. The van der Waals surface area contributed by atoms with Gasteiger partial charge in [0, 0.05) is 16.6 Å². The SMILES string of the molecule is O=S(=O)(NCc1cc(Cl)ccc1Cl)c1ccc(Br)s1. The lowest BCUT2D eigenvalue weighted by Crippen LogP contribution is -2.22. The summed E-state index contributed by atoms with van der Waals surface area (Å²) in [7, 11) is -3.53. The molecule has 0 bridgehead atoms. The third-order valence-corrected chi connectivity index (χ3v) is 6.39. The van der Waals surface area contributed by atoms with Crippen molar-refractivity contribution < 1.29 is 8.42 Å². The molecule has 8 heteroatoms. The van der Waals surface area contributed by atoms with Crippen LogP contribution in [-0.4, -0.2) is 8.42 Å². The minimum atomic E-state index is -3.53. The van der Waals surface area contributed by atoms with Gasteiger partial charge in [0.25, 0.3) is 0 Å². The Bertz CT molecular complexity index is 700. The molecule has 0 aliphatic carbocycles. The summed E-state index contributed by atoms with van der Waals surface area (Å²) in [6.07, 6.45) is 0. The van der Waals surface area contributed by atoms with Crippen molar-refractivity contribution in [3.63, 3.8) is 0 Å². The highest BCUT2D eigenvalue weighted by atomic mass is 79.9. The minimum absolute atomic E-state index is 0.0945. The van der Waals surface area contributed by atoms with Gasteiger partial charge < -0.3 is 0 Å². The van der Waals surface area contributed by atoms with Gasteiger partial charge in [0.2, 0.25) is 10.0 Å². The first kappa shape index (κ1) is 15.3. The number of nitrogens with one attached hydrogen (secondary N) is 1. The lowest BCUT2D eigenvalue weighted by molar-refractivity contribution is 0.583. The Balaban J connectivity index is 2.16. The minimum Gasteiger partial charge on any atom is -0.206 e. The van der Waals surface area contributed by atoms with Crippen molar-refractivity contribution in [3.05, 3.63) is 49.7 Å². The van der Waals surface area contributed by atoms with Crippen molar-refractivity contribution in [1.29, 1.82) is 0 Å². The average molecular weight is 401 g/mol. The average Bonchev–Trinajstić information content (AvgIpc) is 2.78. The monoisotopic (exact) mass is 399 g/mol. The number of hydrogen-bond donors (Lipinski definition) is 1. The van der Waals surface area contributed by atoms with Crippen molar-refractivity contribution >= 4 is 60.5 Å². The van der Waals surface area contributed by atoms with Crippen LogP contribution >= 0.6 is 50.5 Å². The van der Waals surface area contributed by atoms with Crippen molar-refractivity contribution in [3.8, 4) is 0 Å². The molecule has 0 spiro atoms. The van der Waals surface area contributed by atoms with Crippen LogP contribution in [0.15, 0.2) is 38.3 Å². The van der Waals surface area contributed by atoms with E-state index in [0.29, 0.717) is 15.6 Å². The van der Waals surface area contributed by atoms with E-state index in [1.165, 1.54) is 6.07 Å². The van der Waals surface area contributed by atoms with Gasteiger partial charge in [0.1, 0.15) is 4.21 Å². The van der Waals surface area contributed by atoms with Crippen LogP contribution in [0.5, 0.6) is 0 Å². The van der Waals surface area contributed by atoms with Crippen LogP contribution < -0.4 is 4.72 Å². The van der Waals surface area contributed by atoms with Crippen LogP contribution in [0.1, 0.15) is 5.56 Å². The molecule has 1 heterocycles. The number of halogens is 3. The summed E-state index contributed by atoms with van der Waals surface area (Å²) in [4.78, 5) is 0. The van der Waals surface area contributed by atoms with Crippen molar-refractivity contribution in [2.24, 2.45) is 0 Å². The molecule has 0 atom stereocenters. The highest BCUT2D eigenvalue weighted by molar-refractivity contribution is 9.11. The number of benzene rings is 1. The van der Waals surface area contributed by atoms with Crippen LogP contribution in [0.4, 0.5) is 0 Å². The Kier molecular flexibility index (Phi) is 4.92. The van der Waals surface area contributed by atoms with Gasteiger partial charge >= 0.3 is 0 Å². The molecule has 1 N–H and O–H groups in total. The third kappa shape index (κ3) is 3.93. The predicted molar refractivity (Wildman–Crippen MR) is 82.5 cm³/mol. The Morgan fingerprint density at radius 2 is 1.95 bits per heavy atom. The molecule has 102 valence electrons. The molecule has 0 amide bonds. The lowest BCUT2D eigenvalue weighted by atomic mass is 10.2. The molecule has 0 radical (unpaired) electrons. The summed E-state index contributed by atoms with van der Waals surface area (Å²) < 4.78 is 27.5. The number of rotatable bonds is 4. The van der Waals surface area contributed by atoms with Crippen LogP contribution in [0, 0.1) is 0 Å². The van der Waals surface area contributed by atoms with E-state index in [-0.39, 0.29) is 10.8 Å². The Morgan fingerprint density at radius 3 is 2.58 bits per heavy atom. The molecule has 0 unspecified atom stereocenters. The second-order valence-corrected chi connectivity index (χ2v) is 8.92. The summed E-state index contributed by atoms with van der Waals surface area (Å²) in [6, 6.07) is 8.15. The van der Waals surface area contributed by atoms with Gasteiger partial charge in [-0.25, -0.2) is 13.1 Å². The third-order valence-electron chi connectivity index (χ3n) is 2.27. The molecule has 0 aliphatic rings. The van der Waals surface area contributed by atoms with Crippen LogP contribution in [-0.2, 0) is 16.6 Å². The Morgan fingerprint density at radius 1 is 1.21 bits per heavy atom. The number of hydrogen-bond acceptors (Lipinski definition) is 3. The van der Waals surface area contributed by atoms with Crippen LogP contribution in [0.3, 0.4) is 0 Å². The maximum absolute atomic E-state index is 12.0. The standard InChI is InChI=1S/C11H8BrCl2NO2S2/c12-10-3-4-11(18-10)19(16,17)15-6-7-5-8(13)1-2-9(7)14/h1-5,15H,6H2. The Hall–Kier alpha value is -0.110. The fourth-order valence-corrected chi connectivity index (χ4v) is 4.80. The number of sulfonamides is 1. The van der Waals surface area contributed by atoms with E-state index >= 15 is 0 Å². The van der Waals surface area contributed by atoms with E-state index in [0.717, 1.165) is 15.1 Å². The van der Waals surface area contributed by atoms with E-state index < -0.39 is 10.0 Å². The lowest BCUT2D eigenvalue weighted by Gasteiger charge is -2.07. The maximum Gasteiger partial charge on any atom is 0.250 e. The first-order valence-electron chi connectivity index (χ1n) is 5.07. The fourth-order valence-electron chi connectivity index (χ4n) is 1.36. The van der Waals surface area contributed by atoms with Gasteiger partial charge in [-0.05, 0) is 51.8 Å². The van der Waals surface area contributed by atoms with Crippen LogP contribution in [0.2, 0.25) is 10.0 Å². The van der Waals surface area contributed by atoms with Gasteiger partial charge in [0.05, 0.1) is 3.79 Å². The quantitative estimate of drug-likeness (QED) is 0.831. The van der Waals surface area contributed by atoms with Gasteiger partial charge in [-0.1, -0.05) is 23.2 Å². The van der Waals surface area contributed by atoms with Gasteiger partial charge in [0.15, 0.2) is 0 Å². The van der Waals surface area contributed by atoms with Gasteiger partial charge in [-0.3, -0.25) is 0 Å². The van der Waals surface area contributed by atoms with Crippen molar-refractivity contribution in [1.82, 2.24) is 4.72 Å². The molecule has 0 fully saturated rings. The molecule has 2 rings (SSSR count). The largest absolute Gasteiger partial charge is 0.250 e. The molecule has 1 aromatic carbocycles. The maximum atomic E-state index is 12.0. The smallest absolute Gasteiger partial charge is 0.206 e. The summed E-state index contributed by atoms with van der Waals surface area (Å²) in [6.45, 7) is 0.0945. The molecular weight excluding hydrogens is 393 g/mol. The Labute approximate surface area is 133 Å². The topological polar surface area (TPSA) is 46.2 Å². The van der Waals surface area contributed by atoms with Crippen molar-refractivity contribution in [2.45, 2.75) is 10.8 Å². The summed E-state index contributed by atoms with van der Waals surface area (Å²) in [5, 5.41) is 0.983. The molecule has 19 heavy (non-hydrogen) atoms. The molecule has 0 saturated heterocycles. The first-order valence-corrected chi connectivity index (χ1v) is 8.92. The molecule has 0 saturated carbocycles. The van der Waals surface area contributed by atoms with E-state index in [2.05, 4.69) is 20.7 Å². The van der Waals surface area contributed by atoms with Crippen LogP contribution in [0.25, 0.3) is 0 Å². The van der Waals surface area contributed by atoms with E-state index in [9.17, 15) is 8.42 Å². The molecule has 3 nitrogen and oxygen atoms in total. The number of thiophene rings is 1. The normalized spacial score (nSPS) is 11.7. The summed E-state index contributed by atoms with van der Waals surface area (Å²) >= 11 is 16.2.